The van der Waals surface area contributed by atoms with Gasteiger partial charge in [0.15, 0.2) is 6.29 Å². The van der Waals surface area contributed by atoms with E-state index in [-0.39, 0.29) is 0 Å². The molecule has 0 saturated heterocycles. The quantitative estimate of drug-likeness (QED) is 0.671. The minimum absolute atomic E-state index is 0.690. The lowest BCUT2D eigenvalue weighted by atomic mass is 10.0. The molecule has 3 heteroatoms. The molecular formula is C19H19NO2. The van der Waals surface area contributed by atoms with E-state index in [4.69, 9.17) is 4.74 Å². The van der Waals surface area contributed by atoms with E-state index >= 15 is 0 Å². The summed E-state index contributed by atoms with van der Waals surface area (Å²) in [5.74, 6) is 0.855. The van der Waals surface area contributed by atoms with Gasteiger partial charge < -0.3 is 9.14 Å². The van der Waals surface area contributed by atoms with E-state index in [0.717, 1.165) is 40.7 Å². The maximum Gasteiger partial charge on any atom is 0.167 e. The lowest BCUT2D eigenvalue weighted by molar-refractivity contribution is 0.111. The van der Waals surface area contributed by atoms with Gasteiger partial charge in [-0.05, 0) is 54.3 Å². The summed E-state index contributed by atoms with van der Waals surface area (Å²) in [6.07, 6.45) is 3.92. The normalized spacial score (nSPS) is 10.9. The molecule has 0 bridgehead atoms. The third-order valence-corrected chi connectivity index (χ3v) is 4.09. The minimum atomic E-state index is 0.690. The highest BCUT2D eigenvalue weighted by molar-refractivity contribution is 5.90. The highest BCUT2D eigenvalue weighted by atomic mass is 16.5. The number of benzene rings is 1. The molecule has 0 radical (unpaired) electrons. The maximum atomic E-state index is 11.6. The molecule has 0 fully saturated rings. The van der Waals surface area contributed by atoms with Crippen molar-refractivity contribution < 1.29 is 9.53 Å². The van der Waals surface area contributed by atoms with Crippen molar-refractivity contribution in [3.8, 4) is 16.9 Å². The first-order chi connectivity index (χ1) is 10.7. The van der Waals surface area contributed by atoms with Crippen molar-refractivity contribution in [2.24, 2.45) is 0 Å². The van der Waals surface area contributed by atoms with Crippen LogP contribution in [0.2, 0.25) is 0 Å². The second kappa shape index (κ2) is 5.68. The van der Waals surface area contributed by atoms with Crippen LogP contribution in [-0.2, 0) is 6.42 Å². The van der Waals surface area contributed by atoms with Crippen LogP contribution >= 0.6 is 0 Å². The largest absolute Gasteiger partial charge is 0.496 e. The van der Waals surface area contributed by atoms with Crippen LogP contribution in [0.3, 0.4) is 0 Å². The first-order valence-corrected chi connectivity index (χ1v) is 7.42. The van der Waals surface area contributed by atoms with E-state index in [1.807, 2.05) is 29.7 Å². The van der Waals surface area contributed by atoms with Crippen LogP contribution in [0, 0.1) is 6.92 Å². The van der Waals surface area contributed by atoms with Crippen molar-refractivity contribution in [1.29, 1.82) is 0 Å². The molecule has 22 heavy (non-hydrogen) atoms. The Kier molecular flexibility index (Phi) is 3.72. The number of pyridine rings is 1. The van der Waals surface area contributed by atoms with Gasteiger partial charge in [-0.3, -0.25) is 4.79 Å². The minimum Gasteiger partial charge on any atom is -0.496 e. The number of carbonyl (C=O) groups is 1. The standard InChI is InChI=1S/C19H19NO2/c1-4-14-5-7-16-10-17(18(12-21)20(16)11-14)15-6-8-19(22-3)13(2)9-15/h5-12H,4H2,1-3H3. The number of hydrogen-bond acceptors (Lipinski definition) is 2. The molecule has 0 amide bonds. The molecule has 112 valence electrons. The fourth-order valence-electron chi connectivity index (χ4n) is 2.84. The summed E-state index contributed by atoms with van der Waals surface area (Å²) in [6.45, 7) is 4.12. The third-order valence-electron chi connectivity index (χ3n) is 4.09. The molecule has 2 aromatic heterocycles. The van der Waals surface area contributed by atoms with Gasteiger partial charge in [0.25, 0.3) is 0 Å². The number of rotatable bonds is 4. The molecule has 0 unspecified atom stereocenters. The third kappa shape index (κ3) is 2.29. The summed E-state index contributed by atoms with van der Waals surface area (Å²) in [5.41, 5.74) is 5.97. The monoisotopic (exact) mass is 293 g/mol. The van der Waals surface area contributed by atoms with Crippen LogP contribution in [-0.4, -0.2) is 17.8 Å². The number of methoxy groups -OCH3 is 1. The zero-order valence-electron chi connectivity index (χ0n) is 13.1. The van der Waals surface area contributed by atoms with Crippen LogP contribution in [0.1, 0.15) is 28.5 Å². The second-order valence-corrected chi connectivity index (χ2v) is 5.43. The molecule has 2 heterocycles. The van der Waals surface area contributed by atoms with Crippen LogP contribution in [0.4, 0.5) is 0 Å². The van der Waals surface area contributed by atoms with Gasteiger partial charge in [0.05, 0.1) is 12.8 Å². The fourth-order valence-corrected chi connectivity index (χ4v) is 2.84. The Balaban J connectivity index is 2.22. The highest BCUT2D eigenvalue weighted by Crippen LogP contribution is 2.30. The van der Waals surface area contributed by atoms with Gasteiger partial charge in [-0.15, -0.1) is 0 Å². The summed E-state index contributed by atoms with van der Waals surface area (Å²) in [7, 11) is 1.66. The number of nitrogens with zero attached hydrogens (tertiary/aromatic N) is 1. The molecule has 0 N–H and O–H groups in total. The number of ether oxygens (including phenoxy) is 1. The molecule has 1 aromatic carbocycles. The smallest absolute Gasteiger partial charge is 0.167 e. The van der Waals surface area contributed by atoms with Gasteiger partial charge in [0.2, 0.25) is 0 Å². The van der Waals surface area contributed by atoms with E-state index in [1.54, 1.807) is 7.11 Å². The Morgan fingerprint density at radius 1 is 1.18 bits per heavy atom. The summed E-state index contributed by atoms with van der Waals surface area (Å²) in [6, 6.07) is 12.2. The second-order valence-electron chi connectivity index (χ2n) is 5.43. The first kappa shape index (κ1) is 14.4. The Morgan fingerprint density at radius 2 is 2.00 bits per heavy atom. The van der Waals surface area contributed by atoms with Gasteiger partial charge in [0, 0.05) is 17.3 Å². The number of aryl methyl sites for hydroxylation is 2. The predicted molar refractivity (Wildman–Crippen MR) is 88.9 cm³/mol. The number of aldehydes is 1. The number of carbonyl (C=O) groups excluding carboxylic acids is 1. The molecule has 3 aromatic rings. The lowest BCUT2D eigenvalue weighted by Gasteiger charge is -2.07. The summed E-state index contributed by atoms with van der Waals surface area (Å²) in [5, 5.41) is 0. The Hall–Kier alpha value is -2.55. The van der Waals surface area contributed by atoms with E-state index in [1.165, 1.54) is 5.56 Å². The lowest BCUT2D eigenvalue weighted by Crippen LogP contribution is -1.95. The van der Waals surface area contributed by atoms with Crippen LogP contribution in [0.15, 0.2) is 42.6 Å². The maximum absolute atomic E-state index is 11.6. The zero-order valence-corrected chi connectivity index (χ0v) is 13.1. The van der Waals surface area contributed by atoms with Crippen molar-refractivity contribution in [1.82, 2.24) is 4.40 Å². The molecule has 0 spiro atoms. The topological polar surface area (TPSA) is 30.7 Å². The Morgan fingerprint density at radius 3 is 2.64 bits per heavy atom. The number of fused-ring (bicyclic) bond motifs is 1. The Bertz CT molecular complexity index is 846. The van der Waals surface area contributed by atoms with Crippen molar-refractivity contribution in [2.75, 3.05) is 7.11 Å². The summed E-state index contributed by atoms with van der Waals surface area (Å²) in [4.78, 5) is 11.6. The van der Waals surface area contributed by atoms with Gasteiger partial charge in [-0.2, -0.15) is 0 Å². The van der Waals surface area contributed by atoms with Crippen molar-refractivity contribution >= 4 is 11.8 Å². The predicted octanol–water partition coefficient (Wildman–Crippen LogP) is 4.30. The number of aromatic nitrogens is 1. The van der Waals surface area contributed by atoms with Crippen LogP contribution in [0.5, 0.6) is 5.75 Å². The summed E-state index contributed by atoms with van der Waals surface area (Å²) >= 11 is 0. The SMILES string of the molecule is CCc1ccc2cc(-c3ccc(OC)c(C)c3)c(C=O)n2c1. The van der Waals surface area contributed by atoms with E-state index in [2.05, 4.69) is 31.2 Å². The Labute approximate surface area is 130 Å². The van der Waals surface area contributed by atoms with E-state index < -0.39 is 0 Å². The van der Waals surface area contributed by atoms with Crippen molar-refractivity contribution in [3.63, 3.8) is 0 Å². The average Bonchev–Trinajstić information content (AvgIpc) is 2.92. The average molecular weight is 293 g/mol. The van der Waals surface area contributed by atoms with E-state index in [9.17, 15) is 4.79 Å². The fraction of sp³-hybridized carbons (Fsp3) is 0.211. The van der Waals surface area contributed by atoms with Gasteiger partial charge in [-0.25, -0.2) is 0 Å². The van der Waals surface area contributed by atoms with Gasteiger partial charge in [-0.1, -0.05) is 19.1 Å². The molecule has 3 nitrogen and oxygen atoms in total. The highest BCUT2D eigenvalue weighted by Gasteiger charge is 2.13. The van der Waals surface area contributed by atoms with Crippen molar-refractivity contribution in [2.45, 2.75) is 20.3 Å². The zero-order chi connectivity index (χ0) is 15.7. The summed E-state index contributed by atoms with van der Waals surface area (Å²) < 4.78 is 7.28. The molecule has 0 aliphatic heterocycles. The molecule has 0 atom stereocenters. The number of hydrogen-bond donors (Lipinski definition) is 0. The molecular weight excluding hydrogens is 274 g/mol. The van der Waals surface area contributed by atoms with Crippen LogP contribution < -0.4 is 4.74 Å². The molecule has 0 saturated carbocycles. The van der Waals surface area contributed by atoms with Crippen LogP contribution in [0.25, 0.3) is 16.6 Å². The molecule has 3 rings (SSSR count). The van der Waals surface area contributed by atoms with Gasteiger partial charge >= 0.3 is 0 Å². The van der Waals surface area contributed by atoms with E-state index in [0.29, 0.717) is 5.69 Å². The van der Waals surface area contributed by atoms with Gasteiger partial charge in [0.1, 0.15) is 5.75 Å². The molecule has 0 aliphatic rings. The van der Waals surface area contributed by atoms with Crippen molar-refractivity contribution in [3.05, 3.63) is 59.4 Å². The molecule has 0 aliphatic carbocycles. The first-order valence-electron chi connectivity index (χ1n) is 7.42.